The van der Waals surface area contributed by atoms with Crippen LogP contribution in [0.25, 0.3) is 0 Å². The van der Waals surface area contributed by atoms with Crippen LogP contribution in [0.15, 0.2) is 24.3 Å². The Bertz CT molecular complexity index is 499. The number of carbonyl (C=O) groups is 1. The minimum atomic E-state index is -0.00621. The SMILES string of the molecule is CCOc1ccccc1NC(=S)NC(=O)CC1CCCC1. The lowest BCUT2D eigenvalue weighted by Gasteiger charge is -2.14. The fourth-order valence-corrected chi connectivity index (χ4v) is 2.88. The minimum absolute atomic E-state index is 0.00621. The number of nitrogens with one attached hydrogen (secondary N) is 2. The van der Waals surface area contributed by atoms with Crippen LogP contribution >= 0.6 is 12.2 Å². The summed E-state index contributed by atoms with van der Waals surface area (Å²) in [7, 11) is 0. The Balaban J connectivity index is 1.84. The van der Waals surface area contributed by atoms with Crippen LogP contribution in [0.3, 0.4) is 0 Å². The standard InChI is InChI=1S/C16H22N2O2S/c1-2-20-14-10-6-5-9-13(14)17-16(21)18-15(19)11-12-7-3-4-8-12/h5-6,9-10,12H,2-4,7-8,11H2,1H3,(H2,17,18,19,21). The van der Waals surface area contributed by atoms with Crippen molar-refractivity contribution in [1.82, 2.24) is 5.32 Å². The van der Waals surface area contributed by atoms with E-state index in [1.54, 1.807) is 0 Å². The second-order valence-electron chi connectivity index (χ2n) is 5.29. The Kier molecular flexibility index (Phi) is 5.99. The van der Waals surface area contributed by atoms with Crippen LogP contribution in [0.1, 0.15) is 39.0 Å². The van der Waals surface area contributed by atoms with Crippen molar-refractivity contribution in [2.45, 2.75) is 39.0 Å². The first-order valence-corrected chi connectivity index (χ1v) is 7.92. The van der Waals surface area contributed by atoms with E-state index in [-0.39, 0.29) is 5.91 Å². The Hall–Kier alpha value is -1.62. The summed E-state index contributed by atoms with van der Waals surface area (Å²) in [5.41, 5.74) is 0.769. The number of ether oxygens (including phenoxy) is 1. The molecule has 0 bridgehead atoms. The number of anilines is 1. The predicted molar refractivity (Wildman–Crippen MR) is 88.5 cm³/mol. The molecule has 1 aliphatic rings. The Labute approximate surface area is 131 Å². The first kappa shape index (κ1) is 15.8. The highest BCUT2D eigenvalue weighted by Gasteiger charge is 2.19. The second-order valence-corrected chi connectivity index (χ2v) is 5.69. The molecule has 5 heteroatoms. The molecule has 2 rings (SSSR count). The lowest BCUT2D eigenvalue weighted by molar-refractivity contribution is -0.120. The van der Waals surface area contributed by atoms with Crippen molar-refractivity contribution >= 4 is 28.9 Å². The van der Waals surface area contributed by atoms with E-state index in [2.05, 4.69) is 10.6 Å². The van der Waals surface area contributed by atoms with Gasteiger partial charge in [0.2, 0.25) is 5.91 Å². The maximum absolute atomic E-state index is 11.9. The summed E-state index contributed by atoms with van der Waals surface area (Å²) in [5.74, 6) is 1.24. The molecule has 1 saturated carbocycles. The van der Waals surface area contributed by atoms with Gasteiger partial charge in [0.05, 0.1) is 12.3 Å². The molecule has 1 aromatic rings. The molecule has 0 heterocycles. The van der Waals surface area contributed by atoms with Crippen molar-refractivity contribution in [3.05, 3.63) is 24.3 Å². The van der Waals surface area contributed by atoms with Crippen LogP contribution in [0, 0.1) is 5.92 Å². The Morgan fingerprint density at radius 3 is 2.76 bits per heavy atom. The first-order valence-electron chi connectivity index (χ1n) is 7.51. The third kappa shape index (κ3) is 5.01. The summed E-state index contributed by atoms with van der Waals surface area (Å²) >= 11 is 5.20. The number of carbonyl (C=O) groups excluding carboxylic acids is 1. The summed E-state index contributed by atoms with van der Waals surface area (Å²) in [4.78, 5) is 11.9. The van der Waals surface area contributed by atoms with Crippen molar-refractivity contribution in [2.24, 2.45) is 5.92 Å². The molecular weight excluding hydrogens is 284 g/mol. The van der Waals surface area contributed by atoms with Crippen molar-refractivity contribution in [3.8, 4) is 5.75 Å². The van der Waals surface area contributed by atoms with E-state index < -0.39 is 0 Å². The molecule has 114 valence electrons. The molecule has 0 aliphatic heterocycles. The van der Waals surface area contributed by atoms with Gasteiger partial charge in [-0.1, -0.05) is 25.0 Å². The monoisotopic (exact) mass is 306 g/mol. The van der Waals surface area contributed by atoms with E-state index in [4.69, 9.17) is 17.0 Å². The summed E-state index contributed by atoms with van der Waals surface area (Å²) in [5, 5.41) is 6.10. The molecule has 4 nitrogen and oxygen atoms in total. The largest absolute Gasteiger partial charge is 0.492 e. The van der Waals surface area contributed by atoms with Gasteiger partial charge in [-0.3, -0.25) is 4.79 Å². The highest BCUT2D eigenvalue weighted by atomic mass is 32.1. The highest BCUT2D eigenvalue weighted by molar-refractivity contribution is 7.80. The van der Waals surface area contributed by atoms with Gasteiger partial charge in [0.1, 0.15) is 5.75 Å². The summed E-state index contributed by atoms with van der Waals surface area (Å²) in [6.45, 7) is 2.51. The Morgan fingerprint density at radius 2 is 2.05 bits per heavy atom. The van der Waals surface area contributed by atoms with Gasteiger partial charge in [0.25, 0.3) is 0 Å². The van der Waals surface area contributed by atoms with Gasteiger partial charge in [-0.15, -0.1) is 0 Å². The fourth-order valence-electron chi connectivity index (χ4n) is 2.66. The van der Waals surface area contributed by atoms with Gasteiger partial charge in [0, 0.05) is 6.42 Å². The first-order chi connectivity index (χ1) is 10.2. The maximum Gasteiger partial charge on any atom is 0.226 e. The fraction of sp³-hybridized carbons (Fsp3) is 0.500. The molecule has 1 amide bonds. The molecule has 1 fully saturated rings. The van der Waals surface area contributed by atoms with Crippen LogP contribution < -0.4 is 15.4 Å². The van der Waals surface area contributed by atoms with Gasteiger partial charge >= 0.3 is 0 Å². The molecule has 0 atom stereocenters. The predicted octanol–water partition coefficient (Wildman–Crippen LogP) is 3.48. The molecule has 21 heavy (non-hydrogen) atoms. The van der Waals surface area contributed by atoms with E-state index in [9.17, 15) is 4.79 Å². The van der Waals surface area contributed by atoms with Gasteiger partial charge in [-0.2, -0.15) is 0 Å². The number of amides is 1. The van der Waals surface area contributed by atoms with Gasteiger partial charge in [-0.25, -0.2) is 0 Å². The number of hydrogen-bond acceptors (Lipinski definition) is 3. The van der Waals surface area contributed by atoms with Gasteiger partial charge in [-0.05, 0) is 50.0 Å². The molecule has 0 unspecified atom stereocenters. The van der Waals surface area contributed by atoms with Crippen LogP contribution in [0.4, 0.5) is 5.69 Å². The smallest absolute Gasteiger partial charge is 0.226 e. The average Bonchev–Trinajstić information content (AvgIpc) is 2.93. The van der Waals surface area contributed by atoms with Crippen molar-refractivity contribution in [2.75, 3.05) is 11.9 Å². The summed E-state index contributed by atoms with van der Waals surface area (Å²) in [6.07, 6.45) is 5.35. The number of thiocarbonyl (C=S) groups is 1. The van der Waals surface area contributed by atoms with Crippen LogP contribution in [0.5, 0.6) is 5.75 Å². The molecular formula is C16H22N2O2S. The lowest BCUT2D eigenvalue weighted by atomic mass is 10.0. The number of benzene rings is 1. The molecule has 0 saturated heterocycles. The van der Waals surface area contributed by atoms with Crippen molar-refractivity contribution in [3.63, 3.8) is 0 Å². The molecule has 0 spiro atoms. The van der Waals surface area contributed by atoms with Crippen molar-refractivity contribution < 1.29 is 9.53 Å². The van der Waals surface area contributed by atoms with Gasteiger partial charge in [0.15, 0.2) is 5.11 Å². The highest BCUT2D eigenvalue weighted by Crippen LogP contribution is 2.27. The Morgan fingerprint density at radius 1 is 1.33 bits per heavy atom. The van der Waals surface area contributed by atoms with Crippen LogP contribution in [-0.4, -0.2) is 17.6 Å². The lowest BCUT2D eigenvalue weighted by Crippen LogP contribution is -2.35. The maximum atomic E-state index is 11.9. The second kappa shape index (κ2) is 7.98. The van der Waals surface area contributed by atoms with Gasteiger partial charge < -0.3 is 15.4 Å². The van der Waals surface area contributed by atoms with Crippen molar-refractivity contribution in [1.29, 1.82) is 0 Å². The molecule has 2 N–H and O–H groups in total. The average molecular weight is 306 g/mol. The third-order valence-corrected chi connectivity index (χ3v) is 3.84. The summed E-state index contributed by atoms with van der Waals surface area (Å²) < 4.78 is 5.52. The molecule has 0 aromatic heterocycles. The van der Waals surface area contributed by atoms with E-state index in [1.165, 1.54) is 12.8 Å². The normalized spacial score (nSPS) is 14.7. The van der Waals surface area contributed by atoms with E-state index in [1.807, 2.05) is 31.2 Å². The van der Waals surface area contributed by atoms with E-state index in [0.717, 1.165) is 24.3 Å². The topological polar surface area (TPSA) is 50.4 Å². The zero-order chi connectivity index (χ0) is 15.1. The number of hydrogen-bond donors (Lipinski definition) is 2. The molecule has 1 aromatic carbocycles. The van der Waals surface area contributed by atoms with Crippen LogP contribution in [-0.2, 0) is 4.79 Å². The van der Waals surface area contributed by atoms with Crippen LogP contribution in [0.2, 0.25) is 0 Å². The molecule has 0 radical (unpaired) electrons. The number of para-hydroxylation sites is 2. The molecule has 1 aliphatic carbocycles. The third-order valence-electron chi connectivity index (χ3n) is 3.64. The van der Waals surface area contributed by atoms with E-state index >= 15 is 0 Å². The quantitative estimate of drug-likeness (QED) is 0.818. The number of rotatable bonds is 5. The van der Waals surface area contributed by atoms with E-state index in [0.29, 0.717) is 24.1 Å². The zero-order valence-corrected chi connectivity index (χ0v) is 13.2. The minimum Gasteiger partial charge on any atom is -0.492 e. The summed E-state index contributed by atoms with van der Waals surface area (Å²) in [6, 6.07) is 7.54. The zero-order valence-electron chi connectivity index (χ0n) is 12.4.